The quantitative estimate of drug-likeness (QED) is 0.422. The number of nitrogens with zero attached hydrogens (tertiary/aromatic N) is 4. The Balaban J connectivity index is 1.60. The summed E-state index contributed by atoms with van der Waals surface area (Å²) >= 11 is 0. The average Bonchev–Trinajstić information content (AvgIpc) is 3.16. The first-order valence-corrected chi connectivity index (χ1v) is 11.6. The van der Waals surface area contributed by atoms with Crippen LogP contribution in [0.3, 0.4) is 0 Å². The van der Waals surface area contributed by atoms with Gasteiger partial charge in [-0.15, -0.1) is 0 Å². The summed E-state index contributed by atoms with van der Waals surface area (Å²) in [6.45, 7) is 2.39. The van der Waals surface area contributed by atoms with Crippen molar-refractivity contribution in [3.05, 3.63) is 76.3 Å². The molecule has 0 bridgehead atoms. The zero-order chi connectivity index (χ0) is 24.4. The Morgan fingerprint density at radius 3 is 2.63 bits per heavy atom. The van der Waals surface area contributed by atoms with Crippen molar-refractivity contribution in [1.29, 1.82) is 0 Å². The highest BCUT2D eigenvalue weighted by Gasteiger charge is 2.21. The van der Waals surface area contributed by atoms with Gasteiger partial charge in [-0.1, -0.05) is 12.1 Å². The maximum Gasteiger partial charge on any atom is 0.335 e. The van der Waals surface area contributed by atoms with Gasteiger partial charge in [0.2, 0.25) is 5.95 Å². The van der Waals surface area contributed by atoms with Gasteiger partial charge in [-0.25, -0.2) is 23.1 Å². The lowest BCUT2D eigenvalue weighted by Gasteiger charge is -2.22. The van der Waals surface area contributed by atoms with E-state index in [0.29, 0.717) is 34.5 Å². The molecule has 5 rings (SSSR count). The minimum absolute atomic E-state index is 0.201. The van der Waals surface area contributed by atoms with Crippen molar-refractivity contribution in [1.82, 2.24) is 24.4 Å². The van der Waals surface area contributed by atoms with Crippen LogP contribution in [-0.2, 0) is 6.54 Å². The van der Waals surface area contributed by atoms with Crippen LogP contribution in [0.1, 0.15) is 18.4 Å². The fourth-order valence-corrected chi connectivity index (χ4v) is 4.42. The molecule has 8 nitrogen and oxygen atoms in total. The largest absolute Gasteiger partial charge is 0.497 e. The molecule has 0 radical (unpaired) electrons. The summed E-state index contributed by atoms with van der Waals surface area (Å²) in [7, 11) is 1.54. The molecule has 3 heterocycles. The van der Waals surface area contributed by atoms with Gasteiger partial charge in [0.25, 0.3) is 0 Å². The molecule has 182 valence electrons. The molecule has 35 heavy (non-hydrogen) atoms. The van der Waals surface area contributed by atoms with E-state index in [1.54, 1.807) is 24.3 Å². The third-order valence-corrected chi connectivity index (χ3v) is 6.37. The number of methoxy groups -OCH3 is 1. The maximum atomic E-state index is 14.4. The predicted octanol–water partition coefficient (Wildman–Crippen LogP) is 3.33. The zero-order valence-electron chi connectivity index (χ0n) is 19.3. The van der Waals surface area contributed by atoms with Crippen molar-refractivity contribution in [2.75, 3.05) is 32.1 Å². The van der Waals surface area contributed by atoms with E-state index in [4.69, 9.17) is 4.74 Å². The topological polar surface area (TPSA) is 86.0 Å². The molecule has 1 fully saturated rings. The Bertz CT molecular complexity index is 1390. The van der Waals surface area contributed by atoms with Crippen molar-refractivity contribution in [2.24, 2.45) is 5.92 Å². The number of hydrogen-bond donors (Lipinski definition) is 2. The number of benzene rings is 2. The van der Waals surface area contributed by atoms with Crippen LogP contribution >= 0.6 is 0 Å². The van der Waals surface area contributed by atoms with Gasteiger partial charge in [0.05, 0.1) is 25.5 Å². The molecule has 2 aromatic carbocycles. The zero-order valence-corrected chi connectivity index (χ0v) is 19.3. The molecule has 0 atom stereocenters. The van der Waals surface area contributed by atoms with Crippen LogP contribution in [0.4, 0.5) is 14.7 Å². The van der Waals surface area contributed by atoms with Gasteiger partial charge >= 0.3 is 5.69 Å². The predicted molar refractivity (Wildman–Crippen MR) is 129 cm³/mol. The Morgan fingerprint density at radius 1 is 1.14 bits per heavy atom. The molecule has 0 unspecified atom stereocenters. The van der Waals surface area contributed by atoms with Crippen LogP contribution in [0.2, 0.25) is 0 Å². The van der Waals surface area contributed by atoms with Crippen LogP contribution in [0.15, 0.2) is 53.5 Å². The van der Waals surface area contributed by atoms with Crippen LogP contribution in [0, 0.1) is 17.6 Å². The number of anilines is 1. The monoisotopic (exact) mass is 480 g/mol. The Labute approximate surface area is 200 Å². The summed E-state index contributed by atoms with van der Waals surface area (Å²) in [6.07, 6.45) is 3.65. The smallest absolute Gasteiger partial charge is 0.335 e. The number of hydrogen-bond acceptors (Lipinski definition) is 6. The molecule has 4 aromatic rings. The molecule has 0 aliphatic carbocycles. The molecule has 0 saturated carbocycles. The number of nitrogens with one attached hydrogen (secondary N) is 2. The second-order valence-corrected chi connectivity index (χ2v) is 8.58. The van der Waals surface area contributed by atoms with Crippen molar-refractivity contribution in [2.45, 2.75) is 19.4 Å². The van der Waals surface area contributed by atoms with Crippen molar-refractivity contribution < 1.29 is 13.5 Å². The first-order chi connectivity index (χ1) is 17.0. The standard InChI is InChI=1S/C25H26F2N6O2/c1-35-18-5-2-4-17(12-18)33-23-22(14-30-24(31-23)29-13-16-8-10-28-11-9-16)32(25(33)34)15-19-20(26)6-3-7-21(19)27/h2-7,12,14,16,28H,8-11,13,15H2,1H3,(H,29,30,31). The van der Waals surface area contributed by atoms with Crippen molar-refractivity contribution >= 4 is 17.1 Å². The first kappa shape index (κ1) is 23.0. The van der Waals surface area contributed by atoms with Crippen LogP contribution in [0.25, 0.3) is 16.9 Å². The number of rotatable bonds is 7. The number of imidazole rings is 1. The molecule has 2 aromatic heterocycles. The summed E-state index contributed by atoms with van der Waals surface area (Å²) in [4.78, 5) is 22.6. The average molecular weight is 481 g/mol. The van der Waals surface area contributed by atoms with Crippen LogP contribution in [0.5, 0.6) is 5.75 Å². The minimum atomic E-state index is -0.722. The highest BCUT2D eigenvalue weighted by atomic mass is 19.1. The lowest BCUT2D eigenvalue weighted by atomic mass is 9.98. The van der Waals surface area contributed by atoms with Gasteiger partial charge in [-0.3, -0.25) is 4.57 Å². The molecule has 1 saturated heterocycles. The molecule has 1 aliphatic rings. The normalized spacial score (nSPS) is 14.4. The maximum absolute atomic E-state index is 14.4. The van der Waals surface area contributed by atoms with E-state index in [0.717, 1.165) is 32.5 Å². The summed E-state index contributed by atoms with van der Waals surface area (Å²) in [5.74, 6) is 0.0149. The van der Waals surface area contributed by atoms with E-state index in [9.17, 15) is 13.6 Å². The summed E-state index contributed by atoms with van der Waals surface area (Å²) in [6, 6.07) is 10.6. The third kappa shape index (κ3) is 4.61. The highest BCUT2D eigenvalue weighted by Crippen LogP contribution is 2.23. The lowest BCUT2D eigenvalue weighted by molar-refractivity contribution is 0.389. The summed E-state index contributed by atoms with van der Waals surface area (Å²) < 4.78 is 36.8. The highest BCUT2D eigenvalue weighted by molar-refractivity contribution is 5.74. The lowest BCUT2D eigenvalue weighted by Crippen LogP contribution is -2.31. The molecule has 2 N–H and O–H groups in total. The van der Waals surface area contributed by atoms with Gasteiger partial charge in [0.1, 0.15) is 22.9 Å². The molecule has 10 heteroatoms. The molecule has 0 spiro atoms. The Hall–Kier alpha value is -3.79. The SMILES string of the molecule is COc1cccc(-n2c(=O)n(Cc3c(F)cccc3F)c3cnc(NCC4CCNCC4)nc32)c1. The second-order valence-electron chi connectivity index (χ2n) is 8.58. The van der Waals surface area contributed by atoms with E-state index in [1.165, 1.54) is 40.6 Å². The number of aromatic nitrogens is 4. The molecular weight excluding hydrogens is 454 g/mol. The molecule has 1 aliphatic heterocycles. The van der Waals surface area contributed by atoms with Crippen LogP contribution in [-0.4, -0.2) is 45.8 Å². The fourth-order valence-electron chi connectivity index (χ4n) is 4.42. The summed E-state index contributed by atoms with van der Waals surface area (Å²) in [5, 5.41) is 6.63. The van der Waals surface area contributed by atoms with Gasteiger partial charge in [-0.2, -0.15) is 4.98 Å². The van der Waals surface area contributed by atoms with Gasteiger partial charge in [-0.05, 0) is 56.1 Å². The Morgan fingerprint density at radius 2 is 1.89 bits per heavy atom. The number of fused-ring (bicyclic) bond motifs is 1. The van der Waals surface area contributed by atoms with Crippen molar-refractivity contribution in [3.8, 4) is 11.4 Å². The third-order valence-electron chi connectivity index (χ3n) is 6.37. The second kappa shape index (κ2) is 9.83. The number of ether oxygens (including phenoxy) is 1. The summed E-state index contributed by atoms with van der Waals surface area (Å²) in [5.41, 5.74) is 0.541. The fraction of sp³-hybridized carbons (Fsp3) is 0.320. The molecular formula is C25H26F2N6O2. The van der Waals surface area contributed by atoms with E-state index in [2.05, 4.69) is 20.6 Å². The minimum Gasteiger partial charge on any atom is -0.497 e. The van der Waals surface area contributed by atoms with Gasteiger partial charge < -0.3 is 15.4 Å². The molecule has 0 amide bonds. The first-order valence-electron chi connectivity index (χ1n) is 11.6. The Kier molecular flexibility index (Phi) is 6.45. The van der Waals surface area contributed by atoms with Crippen molar-refractivity contribution in [3.63, 3.8) is 0 Å². The van der Waals surface area contributed by atoms with E-state index in [1.807, 2.05) is 0 Å². The van der Waals surface area contributed by atoms with Crippen LogP contribution < -0.4 is 21.1 Å². The number of piperidine rings is 1. The van der Waals surface area contributed by atoms with E-state index in [-0.39, 0.29) is 12.1 Å². The van der Waals surface area contributed by atoms with Gasteiger partial charge in [0.15, 0.2) is 5.65 Å². The number of halogens is 2. The van der Waals surface area contributed by atoms with E-state index < -0.39 is 17.3 Å². The van der Waals surface area contributed by atoms with Gasteiger partial charge in [0, 0.05) is 18.2 Å². The van der Waals surface area contributed by atoms with E-state index >= 15 is 0 Å².